The van der Waals surface area contributed by atoms with E-state index in [1.165, 1.54) is 6.07 Å². The number of hydrogen-bond acceptors (Lipinski definition) is 4. The Morgan fingerprint density at radius 1 is 1.33 bits per heavy atom. The molecule has 3 N–H and O–H groups in total. The van der Waals surface area contributed by atoms with Crippen molar-refractivity contribution >= 4 is 5.91 Å². The van der Waals surface area contributed by atoms with Crippen LogP contribution < -0.4 is 11.3 Å². The highest BCUT2D eigenvalue weighted by atomic mass is 16.2. The van der Waals surface area contributed by atoms with Gasteiger partial charge >= 0.3 is 0 Å². The molecule has 3 rings (SSSR count). The van der Waals surface area contributed by atoms with Gasteiger partial charge in [-0.3, -0.25) is 9.59 Å². The molecule has 1 aromatic heterocycles. The molecule has 1 unspecified atom stereocenters. The van der Waals surface area contributed by atoms with E-state index in [4.69, 9.17) is 5.73 Å². The first kappa shape index (κ1) is 14.3. The van der Waals surface area contributed by atoms with Gasteiger partial charge in [-0.1, -0.05) is 6.42 Å². The van der Waals surface area contributed by atoms with Gasteiger partial charge in [-0.15, -0.1) is 0 Å². The van der Waals surface area contributed by atoms with Crippen molar-refractivity contribution in [1.82, 2.24) is 15.1 Å². The van der Waals surface area contributed by atoms with Crippen molar-refractivity contribution in [2.75, 3.05) is 6.54 Å². The lowest BCUT2D eigenvalue weighted by Gasteiger charge is -2.26. The Balaban J connectivity index is 1.69. The number of H-pyrrole nitrogens is 1. The molecule has 0 radical (unpaired) electrons. The highest BCUT2D eigenvalue weighted by molar-refractivity contribution is 5.77. The second kappa shape index (κ2) is 5.97. The number of aromatic nitrogens is 2. The first-order valence-corrected chi connectivity index (χ1v) is 7.76. The number of aromatic amines is 1. The lowest BCUT2D eigenvalue weighted by molar-refractivity contribution is -0.133. The molecule has 0 spiro atoms. The van der Waals surface area contributed by atoms with Crippen LogP contribution in [0.15, 0.2) is 16.9 Å². The van der Waals surface area contributed by atoms with Crippen LogP contribution in [0.3, 0.4) is 0 Å². The quantitative estimate of drug-likeness (QED) is 0.867. The molecule has 21 heavy (non-hydrogen) atoms. The summed E-state index contributed by atoms with van der Waals surface area (Å²) in [5, 5.41) is 6.54. The van der Waals surface area contributed by atoms with Gasteiger partial charge in [0.2, 0.25) is 5.91 Å². The molecule has 2 heterocycles. The van der Waals surface area contributed by atoms with Gasteiger partial charge in [0.05, 0.1) is 11.7 Å². The van der Waals surface area contributed by atoms with Crippen LogP contribution in [0.2, 0.25) is 0 Å². The molecule has 1 saturated carbocycles. The molecule has 2 fully saturated rings. The molecule has 1 aliphatic heterocycles. The molecule has 6 nitrogen and oxygen atoms in total. The average molecular weight is 290 g/mol. The Morgan fingerprint density at radius 2 is 2.19 bits per heavy atom. The number of hydrogen-bond donors (Lipinski definition) is 2. The van der Waals surface area contributed by atoms with Crippen LogP contribution in [-0.2, 0) is 4.79 Å². The maximum absolute atomic E-state index is 12.6. The van der Waals surface area contributed by atoms with Crippen LogP contribution in [0.4, 0.5) is 0 Å². The smallest absolute Gasteiger partial charge is 0.264 e. The van der Waals surface area contributed by atoms with Gasteiger partial charge < -0.3 is 10.6 Å². The van der Waals surface area contributed by atoms with Crippen LogP contribution in [-0.4, -0.2) is 33.6 Å². The molecular formula is C15H22N4O2. The molecular weight excluding hydrogens is 268 g/mol. The number of nitrogens with zero attached hydrogens (tertiary/aromatic N) is 2. The van der Waals surface area contributed by atoms with Crippen molar-refractivity contribution < 1.29 is 4.79 Å². The monoisotopic (exact) mass is 290 g/mol. The minimum Gasteiger partial charge on any atom is -0.334 e. The zero-order chi connectivity index (χ0) is 14.8. The van der Waals surface area contributed by atoms with E-state index in [1.54, 1.807) is 6.07 Å². The Kier molecular flexibility index (Phi) is 4.05. The molecule has 1 aromatic rings. The summed E-state index contributed by atoms with van der Waals surface area (Å²) in [4.78, 5) is 25.6. The lowest BCUT2D eigenvalue weighted by atomic mass is 9.99. The number of carbonyl (C=O) groups excluding carboxylic acids is 1. The normalized spacial score (nSPS) is 29.0. The van der Waals surface area contributed by atoms with Gasteiger partial charge in [0, 0.05) is 25.1 Å². The van der Waals surface area contributed by atoms with E-state index in [9.17, 15) is 9.59 Å². The number of rotatable bonds is 3. The third-order valence-electron chi connectivity index (χ3n) is 4.77. The molecule has 0 bridgehead atoms. The van der Waals surface area contributed by atoms with Gasteiger partial charge in [0.15, 0.2) is 0 Å². The fourth-order valence-electron chi connectivity index (χ4n) is 3.57. The van der Waals surface area contributed by atoms with E-state index in [2.05, 4.69) is 10.2 Å². The zero-order valence-corrected chi connectivity index (χ0v) is 12.1. The molecule has 1 aliphatic carbocycles. The SMILES string of the molecule is N[C@@H]1CCC[C@H]1CC(=O)N1CCCC1c1ccc(=O)[nH]n1. The van der Waals surface area contributed by atoms with Crippen LogP contribution in [0.25, 0.3) is 0 Å². The van der Waals surface area contributed by atoms with E-state index in [0.717, 1.165) is 44.3 Å². The van der Waals surface area contributed by atoms with Crippen LogP contribution in [0, 0.1) is 5.92 Å². The number of carbonyl (C=O) groups is 1. The van der Waals surface area contributed by atoms with E-state index in [-0.39, 0.29) is 23.6 Å². The minimum atomic E-state index is -0.216. The van der Waals surface area contributed by atoms with E-state index in [0.29, 0.717) is 12.3 Å². The van der Waals surface area contributed by atoms with E-state index in [1.807, 2.05) is 4.90 Å². The Hall–Kier alpha value is -1.69. The van der Waals surface area contributed by atoms with Crippen molar-refractivity contribution in [3.63, 3.8) is 0 Å². The topological polar surface area (TPSA) is 92.1 Å². The number of likely N-dealkylation sites (tertiary alicyclic amines) is 1. The van der Waals surface area contributed by atoms with Crippen LogP contribution >= 0.6 is 0 Å². The Labute approximate surface area is 123 Å². The Bertz CT molecular complexity index is 551. The van der Waals surface area contributed by atoms with Crippen molar-refractivity contribution in [3.8, 4) is 0 Å². The maximum atomic E-state index is 12.6. The fraction of sp³-hybridized carbons (Fsp3) is 0.667. The molecule has 1 saturated heterocycles. The molecule has 3 atom stereocenters. The number of nitrogens with two attached hydrogens (primary N) is 1. The van der Waals surface area contributed by atoms with E-state index >= 15 is 0 Å². The van der Waals surface area contributed by atoms with E-state index < -0.39 is 0 Å². The summed E-state index contributed by atoms with van der Waals surface area (Å²) in [5.41, 5.74) is 6.62. The third-order valence-corrected chi connectivity index (χ3v) is 4.77. The molecule has 114 valence electrons. The average Bonchev–Trinajstić information content (AvgIpc) is 3.09. The molecule has 6 heteroatoms. The first-order chi connectivity index (χ1) is 10.1. The van der Waals surface area contributed by atoms with Gasteiger partial charge in [-0.05, 0) is 37.7 Å². The largest absolute Gasteiger partial charge is 0.334 e. The Morgan fingerprint density at radius 3 is 2.86 bits per heavy atom. The van der Waals surface area contributed by atoms with Crippen molar-refractivity contribution in [1.29, 1.82) is 0 Å². The predicted octanol–water partition coefficient (Wildman–Crippen LogP) is 0.951. The summed E-state index contributed by atoms with van der Waals surface area (Å²) in [7, 11) is 0. The van der Waals surface area contributed by atoms with Gasteiger partial charge in [0.1, 0.15) is 0 Å². The molecule has 0 aromatic carbocycles. The van der Waals surface area contributed by atoms with Crippen molar-refractivity contribution in [3.05, 3.63) is 28.2 Å². The maximum Gasteiger partial charge on any atom is 0.264 e. The molecule has 1 amide bonds. The van der Waals surface area contributed by atoms with Crippen molar-refractivity contribution in [2.45, 2.75) is 50.6 Å². The zero-order valence-electron chi connectivity index (χ0n) is 12.1. The molecule has 2 aliphatic rings. The highest BCUT2D eigenvalue weighted by Gasteiger charge is 2.34. The van der Waals surface area contributed by atoms with Crippen molar-refractivity contribution in [2.24, 2.45) is 11.7 Å². The van der Waals surface area contributed by atoms with Gasteiger partial charge in [0.25, 0.3) is 5.56 Å². The fourth-order valence-corrected chi connectivity index (χ4v) is 3.57. The number of nitrogens with one attached hydrogen (secondary N) is 1. The summed E-state index contributed by atoms with van der Waals surface area (Å²) in [6, 6.07) is 3.35. The summed E-state index contributed by atoms with van der Waals surface area (Å²) >= 11 is 0. The standard InChI is InChI=1S/C15H22N4O2/c16-11-4-1-3-10(11)9-15(21)19-8-2-5-13(19)12-6-7-14(20)18-17-12/h6-7,10-11,13H,1-5,8-9,16H2,(H,18,20)/t10-,11+,13?/m0/s1. The first-order valence-electron chi connectivity index (χ1n) is 7.76. The summed E-state index contributed by atoms with van der Waals surface area (Å²) in [6.45, 7) is 0.770. The third kappa shape index (κ3) is 3.00. The van der Waals surface area contributed by atoms with Crippen LogP contribution in [0.1, 0.15) is 50.3 Å². The summed E-state index contributed by atoms with van der Waals surface area (Å²) in [6.07, 6.45) is 5.64. The van der Waals surface area contributed by atoms with Gasteiger partial charge in [-0.25, -0.2) is 5.10 Å². The predicted molar refractivity (Wildman–Crippen MR) is 78.5 cm³/mol. The summed E-state index contributed by atoms with van der Waals surface area (Å²) in [5.74, 6) is 0.495. The second-order valence-corrected chi connectivity index (χ2v) is 6.15. The second-order valence-electron chi connectivity index (χ2n) is 6.15. The lowest BCUT2D eigenvalue weighted by Crippen LogP contribution is -2.35. The van der Waals surface area contributed by atoms with Crippen LogP contribution in [0.5, 0.6) is 0 Å². The highest BCUT2D eigenvalue weighted by Crippen LogP contribution is 2.33. The minimum absolute atomic E-state index is 0.00743. The summed E-state index contributed by atoms with van der Waals surface area (Å²) < 4.78 is 0. The number of amides is 1. The van der Waals surface area contributed by atoms with Gasteiger partial charge in [-0.2, -0.15) is 5.10 Å².